The van der Waals surface area contributed by atoms with Gasteiger partial charge in [-0.3, -0.25) is 0 Å². The summed E-state index contributed by atoms with van der Waals surface area (Å²) in [5, 5.41) is 7.90. The van der Waals surface area contributed by atoms with Crippen LogP contribution in [0.4, 0.5) is 10.5 Å². The summed E-state index contributed by atoms with van der Waals surface area (Å²) in [6.07, 6.45) is 0. The molecule has 0 spiro atoms. The molecule has 1 aromatic carbocycles. The van der Waals surface area contributed by atoms with Gasteiger partial charge >= 0.3 is 6.03 Å². The van der Waals surface area contributed by atoms with Crippen LogP contribution in [0.1, 0.15) is 4.88 Å². The lowest BCUT2D eigenvalue weighted by Crippen LogP contribution is -2.28. The zero-order chi connectivity index (χ0) is 13.7. The second-order valence-electron chi connectivity index (χ2n) is 3.71. The molecule has 0 aliphatic rings. The number of carbonyl (C=O) groups is 1. The van der Waals surface area contributed by atoms with E-state index in [2.05, 4.69) is 10.6 Å². The predicted molar refractivity (Wildman–Crippen MR) is 78.2 cm³/mol. The maximum absolute atomic E-state index is 11.8. The average molecular weight is 297 g/mol. The van der Waals surface area contributed by atoms with E-state index in [4.69, 9.17) is 16.3 Å². The predicted octanol–water partition coefficient (Wildman–Crippen LogP) is 3.73. The first-order valence-corrected chi connectivity index (χ1v) is 6.86. The maximum atomic E-state index is 11.8. The Balaban J connectivity index is 1.97. The smallest absolute Gasteiger partial charge is 0.319 e. The Morgan fingerprint density at radius 1 is 1.37 bits per heavy atom. The van der Waals surface area contributed by atoms with Crippen molar-refractivity contribution in [2.75, 3.05) is 12.4 Å². The SMILES string of the molecule is COc1c(Cl)cccc1NC(=O)NCc1cccs1. The van der Waals surface area contributed by atoms with Crippen molar-refractivity contribution in [3.05, 3.63) is 45.6 Å². The van der Waals surface area contributed by atoms with Crippen LogP contribution in [-0.2, 0) is 6.54 Å². The molecule has 0 bridgehead atoms. The molecule has 0 fully saturated rings. The molecule has 2 rings (SSSR count). The fourth-order valence-corrected chi connectivity index (χ4v) is 2.46. The highest BCUT2D eigenvalue weighted by molar-refractivity contribution is 7.09. The topological polar surface area (TPSA) is 50.4 Å². The summed E-state index contributed by atoms with van der Waals surface area (Å²) in [6, 6.07) is 8.79. The number of anilines is 1. The number of hydrogen-bond acceptors (Lipinski definition) is 3. The highest BCUT2D eigenvalue weighted by Crippen LogP contribution is 2.32. The first kappa shape index (κ1) is 13.7. The largest absolute Gasteiger partial charge is 0.493 e. The molecule has 0 atom stereocenters. The van der Waals surface area contributed by atoms with Crippen molar-refractivity contribution in [3.8, 4) is 5.75 Å². The molecule has 2 aromatic rings. The Hall–Kier alpha value is -1.72. The zero-order valence-electron chi connectivity index (χ0n) is 10.3. The summed E-state index contributed by atoms with van der Waals surface area (Å²) in [4.78, 5) is 12.9. The monoisotopic (exact) mass is 296 g/mol. The summed E-state index contributed by atoms with van der Waals surface area (Å²) in [5.41, 5.74) is 0.540. The summed E-state index contributed by atoms with van der Waals surface area (Å²) in [7, 11) is 1.51. The third kappa shape index (κ3) is 3.62. The molecule has 2 N–H and O–H groups in total. The van der Waals surface area contributed by atoms with E-state index in [1.54, 1.807) is 29.5 Å². The number of para-hydroxylation sites is 1. The lowest BCUT2D eigenvalue weighted by Gasteiger charge is -2.11. The number of methoxy groups -OCH3 is 1. The standard InChI is InChI=1S/C13H13ClN2O2S/c1-18-12-10(14)5-2-6-11(12)16-13(17)15-8-9-4-3-7-19-9/h2-7H,8H2,1H3,(H2,15,16,17). The van der Waals surface area contributed by atoms with Crippen LogP contribution in [0.2, 0.25) is 5.02 Å². The van der Waals surface area contributed by atoms with E-state index in [1.165, 1.54) is 7.11 Å². The maximum Gasteiger partial charge on any atom is 0.319 e. The Morgan fingerprint density at radius 3 is 2.89 bits per heavy atom. The van der Waals surface area contributed by atoms with E-state index >= 15 is 0 Å². The van der Waals surface area contributed by atoms with Gasteiger partial charge in [-0.2, -0.15) is 0 Å². The normalized spacial score (nSPS) is 10.0. The van der Waals surface area contributed by atoms with E-state index in [9.17, 15) is 4.79 Å². The number of nitrogens with one attached hydrogen (secondary N) is 2. The average Bonchev–Trinajstić information content (AvgIpc) is 2.90. The van der Waals surface area contributed by atoms with Gasteiger partial charge in [0.1, 0.15) is 0 Å². The molecule has 4 nitrogen and oxygen atoms in total. The molecule has 0 saturated carbocycles. The van der Waals surface area contributed by atoms with Gasteiger partial charge in [-0.25, -0.2) is 4.79 Å². The fourth-order valence-electron chi connectivity index (χ4n) is 1.56. The molecule has 0 radical (unpaired) electrons. The molecule has 1 aromatic heterocycles. The minimum atomic E-state index is -0.297. The van der Waals surface area contributed by atoms with Crippen molar-refractivity contribution in [1.29, 1.82) is 0 Å². The number of urea groups is 1. The molecule has 0 unspecified atom stereocenters. The van der Waals surface area contributed by atoms with Gasteiger partial charge in [0.2, 0.25) is 0 Å². The summed E-state index contributed by atoms with van der Waals surface area (Å²) >= 11 is 7.57. The molecule has 0 aliphatic heterocycles. The first-order valence-electron chi connectivity index (χ1n) is 5.60. The second kappa shape index (κ2) is 6.45. The number of benzene rings is 1. The second-order valence-corrected chi connectivity index (χ2v) is 5.15. The summed E-state index contributed by atoms with van der Waals surface area (Å²) in [6.45, 7) is 0.492. The van der Waals surface area contributed by atoms with Gasteiger partial charge in [0.05, 0.1) is 24.4 Å². The number of thiophene rings is 1. The molecule has 1 heterocycles. The lowest BCUT2D eigenvalue weighted by atomic mass is 10.3. The first-order chi connectivity index (χ1) is 9.20. The molecular formula is C13H13ClN2O2S. The van der Waals surface area contributed by atoms with Crippen LogP contribution < -0.4 is 15.4 Å². The van der Waals surface area contributed by atoms with Crippen molar-refractivity contribution in [1.82, 2.24) is 5.32 Å². The third-order valence-corrected chi connectivity index (χ3v) is 3.60. The third-order valence-electron chi connectivity index (χ3n) is 2.42. The van der Waals surface area contributed by atoms with E-state index in [1.807, 2.05) is 17.5 Å². The van der Waals surface area contributed by atoms with Crippen molar-refractivity contribution < 1.29 is 9.53 Å². The van der Waals surface area contributed by atoms with Crippen LogP contribution >= 0.6 is 22.9 Å². The Labute approximate surface area is 120 Å². The van der Waals surface area contributed by atoms with Gasteiger partial charge in [-0.1, -0.05) is 23.7 Å². The van der Waals surface area contributed by atoms with Crippen LogP contribution in [0.5, 0.6) is 5.75 Å². The number of rotatable bonds is 4. The molecule has 100 valence electrons. The van der Waals surface area contributed by atoms with Gasteiger partial charge in [-0.15, -0.1) is 11.3 Å². The number of amides is 2. The molecule has 0 saturated heterocycles. The van der Waals surface area contributed by atoms with E-state index in [0.717, 1.165) is 4.88 Å². The summed E-state index contributed by atoms with van der Waals surface area (Å²) < 4.78 is 5.15. The quantitative estimate of drug-likeness (QED) is 0.903. The van der Waals surface area contributed by atoms with Crippen molar-refractivity contribution >= 4 is 34.7 Å². The van der Waals surface area contributed by atoms with Gasteiger partial charge in [0.15, 0.2) is 5.75 Å². The molecule has 6 heteroatoms. The number of ether oxygens (including phenoxy) is 1. The van der Waals surface area contributed by atoms with Gasteiger partial charge in [0.25, 0.3) is 0 Å². The van der Waals surface area contributed by atoms with E-state index < -0.39 is 0 Å². The molecule has 0 aliphatic carbocycles. The van der Waals surface area contributed by atoms with E-state index in [-0.39, 0.29) is 6.03 Å². The Bertz CT molecular complexity index is 558. The molecular weight excluding hydrogens is 284 g/mol. The van der Waals surface area contributed by atoms with Crippen LogP contribution in [0.15, 0.2) is 35.7 Å². The van der Waals surface area contributed by atoms with Crippen molar-refractivity contribution in [2.45, 2.75) is 6.54 Å². The number of halogens is 1. The van der Waals surface area contributed by atoms with Crippen LogP contribution in [0.25, 0.3) is 0 Å². The van der Waals surface area contributed by atoms with Gasteiger partial charge < -0.3 is 15.4 Å². The minimum absolute atomic E-state index is 0.297. The highest BCUT2D eigenvalue weighted by Gasteiger charge is 2.10. The van der Waals surface area contributed by atoms with Crippen molar-refractivity contribution in [2.24, 2.45) is 0 Å². The van der Waals surface area contributed by atoms with Crippen molar-refractivity contribution in [3.63, 3.8) is 0 Å². The van der Waals surface area contributed by atoms with Crippen LogP contribution in [0, 0.1) is 0 Å². The summed E-state index contributed by atoms with van der Waals surface area (Å²) in [5.74, 6) is 0.454. The highest BCUT2D eigenvalue weighted by atomic mass is 35.5. The Morgan fingerprint density at radius 2 is 2.21 bits per heavy atom. The Kier molecular flexibility index (Phi) is 4.65. The van der Waals surface area contributed by atoms with Crippen LogP contribution in [0.3, 0.4) is 0 Å². The number of carbonyl (C=O) groups excluding carboxylic acids is 1. The molecule has 19 heavy (non-hydrogen) atoms. The zero-order valence-corrected chi connectivity index (χ0v) is 11.8. The van der Waals surface area contributed by atoms with Crippen LogP contribution in [-0.4, -0.2) is 13.1 Å². The lowest BCUT2D eigenvalue weighted by molar-refractivity contribution is 0.251. The fraction of sp³-hybridized carbons (Fsp3) is 0.154. The van der Waals surface area contributed by atoms with Gasteiger partial charge in [0, 0.05) is 4.88 Å². The van der Waals surface area contributed by atoms with Gasteiger partial charge in [-0.05, 0) is 23.6 Å². The number of hydrogen-bond donors (Lipinski definition) is 2. The molecule has 2 amide bonds. The van der Waals surface area contributed by atoms with E-state index in [0.29, 0.717) is 23.0 Å². The minimum Gasteiger partial charge on any atom is -0.493 e.